The number of ether oxygens (including phenoxy) is 2. The lowest BCUT2D eigenvalue weighted by atomic mass is 9.70. The standard InChI is InChI=1S/C25H28N2O5/c1-5-30-17-8-6-7-16(12-17)22-21-23(28)18-9-13(2)14(3)10-19(18)31-24(21)25(29)27(22)20-11-15(4)32-26-20/h6-8,11-14,18-19,22H,5,9-10H2,1-4H3. The quantitative estimate of drug-likeness (QED) is 0.708. The van der Waals surface area contributed by atoms with Gasteiger partial charge in [-0.1, -0.05) is 31.1 Å². The molecule has 168 valence electrons. The maximum atomic E-state index is 13.8. The number of carbonyl (C=O) groups excluding carboxylic acids is 2. The Hall–Kier alpha value is -3.09. The number of ketones is 1. The number of hydrogen-bond acceptors (Lipinski definition) is 6. The van der Waals surface area contributed by atoms with Crippen molar-refractivity contribution in [3.8, 4) is 5.75 Å². The molecule has 2 aromatic rings. The Kier molecular flexibility index (Phi) is 5.07. The molecule has 0 saturated heterocycles. The number of fused-ring (bicyclic) bond motifs is 1. The molecule has 1 aromatic carbocycles. The molecule has 0 radical (unpaired) electrons. The third kappa shape index (κ3) is 3.22. The van der Waals surface area contributed by atoms with Crippen LogP contribution in [-0.2, 0) is 14.3 Å². The van der Waals surface area contributed by atoms with Gasteiger partial charge in [-0.3, -0.25) is 14.5 Å². The third-order valence-electron chi connectivity index (χ3n) is 7.06. The van der Waals surface area contributed by atoms with Gasteiger partial charge in [-0.15, -0.1) is 0 Å². The maximum absolute atomic E-state index is 13.8. The normalized spacial score (nSPS) is 29.6. The van der Waals surface area contributed by atoms with Crippen molar-refractivity contribution in [3.05, 3.63) is 53.0 Å². The highest BCUT2D eigenvalue weighted by Crippen LogP contribution is 2.49. The fourth-order valence-corrected chi connectivity index (χ4v) is 5.22. The number of Topliss-reactive ketones (excluding diaryl/α,β-unsaturated/α-hetero) is 1. The van der Waals surface area contributed by atoms with Crippen molar-refractivity contribution in [3.63, 3.8) is 0 Å². The predicted octanol–water partition coefficient (Wildman–Crippen LogP) is 4.37. The number of amides is 1. The summed E-state index contributed by atoms with van der Waals surface area (Å²) >= 11 is 0. The lowest BCUT2D eigenvalue weighted by Crippen LogP contribution is -2.43. The van der Waals surface area contributed by atoms with Gasteiger partial charge in [-0.05, 0) is 56.2 Å². The van der Waals surface area contributed by atoms with E-state index in [-0.39, 0.29) is 29.5 Å². The molecule has 0 spiro atoms. The minimum atomic E-state index is -0.634. The summed E-state index contributed by atoms with van der Waals surface area (Å²) in [7, 11) is 0. The molecule has 7 nitrogen and oxygen atoms in total. The monoisotopic (exact) mass is 436 g/mol. The van der Waals surface area contributed by atoms with E-state index in [9.17, 15) is 9.59 Å². The SMILES string of the molecule is CCOc1cccc(C2C3=C(OC4CC(C)C(C)CC4C3=O)C(=O)N2c2cc(C)on2)c1. The molecule has 0 N–H and O–H groups in total. The highest BCUT2D eigenvalue weighted by Gasteiger charge is 2.54. The average Bonchev–Trinajstić information content (AvgIpc) is 3.31. The Bertz CT molecular complexity index is 1100. The Morgan fingerprint density at radius 1 is 1.16 bits per heavy atom. The van der Waals surface area contributed by atoms with E-state index in [4.69, 9.17) is 14.0 Å². The van der Waals surface area contributed by atoms with Crippen LogP contribution >= 0.6 is 0 Å². The van der Waals surface area contributed by atoms with Crippen LogP contribution in [-0.4, -0.2) is 29.6 Å². The Balaban J connectivity index is 1.63. The molecule has 1 amide bonds. The van der Waals surface area contributed by atoms with Gasteiger partial charge >= 0.3 is 0 Å². The van der Waals surface area contributed by atoms with Crippen LogP contribution in [0.15, 0.2) is 46.2 Å². The molecule has 5 unspecified atom stereocenters. The van der Waals surface area contributed by atoms with Crippen molar-refractivity contribution >= 4 is 17.5 Å². The van der Waals surface area contributed by atoms with Gasteiger partial charge in [0.2, 0.25) is 0 Å². The number of aromatic nitrogens is 1. The topological polar surface area (TPSA) is 81.9 Å². The van der Waals surface area contributed by atoms with Crippen LogP contribution in [0, 0.1) is 24.7 Å². The largest absolute Gasteiger partial charge is 0.494 e. The first-order chi connectivity index (χ1) is 15.4. The van der Waals surface area contributed by atoms with E-state index in [0.29, 0.717) is 41.3 Å². The number of nitrogens with zero attached hydrogens (tertiary/aromatic N) is 2. The summed E-state index contributed by atoms with van der Waals surface area (Å²) < 4.78 is 17.2. The van der Waals surface area contributed by atoms with Gasteiger partial charge < -0.3 is 14.0 Å². The van der Waals surface area contributed by atoms with Crippen LogP contribution in [0.5, 0.6) is 5.75 Å². The van der Waals surface area contributed by atoms with Crippen LogP contribution in [0.4, 0.5) is 5.82 Å². The van der Waals surface area contributed by atoms with E-state index < -0.39 is 6.04 Å². The summed E-state index contributed by atoms with van der Waals surface area (Å²) in [5.41, 5.74) is 1.20. The highest BCUT2D eigenvalue weighted by molar-refractivity contribution is 6.17. The molecular formula is C25H28N2O5. The third-order valence-corrected chi connectivity index (χ3v) is 7.06. The van der Waals surface area contributed by atoms with Crippen LogP contribution in [0.25, 0.3) is 0 Å². The second kappa shape index (κ2) is 7.80. The average molecular weight is 437 g/mol. The molecule has 2 aliphatic heterocycles. The second-order valence-electron chi connectivity index (χ2n) is 9.17. The summed E-state index contributed by atoms with van der Waals surface area (Å²) in [5, 5.41) is 4.09. The van der Waals surface area contributed by atoms with Gasteiger partial charge in [-0.25, -0.2) is 0 Å². The Labute approximate surface area is 187 Å². The summed E-state index contributed by atoms with van der Waals surface area (Å²) in [6, 6.07) is 8.59. The van der Waals surface area contributed by atoms with Crippen molar-refractivity contribution in [2.75, 3.05) is 11.5 Å². The number of hydrogen-bond donors (Lipinski definition) is 0. The van der Waals surface area contributed by atoms with Crippen molar-refractivity contribution in [1.29, 1.82) is 0 Å². The predicted molar refractivity (Wildman–Crippen MR) is 117 cm³/mol. The summed E-state index contributed by atoms with van der Waals surface area (Å²) in [4.78, 5) is 28.9. The van der Waals surface area contributed by atoms with E-state index in [1.54, 1.807) is 13.0 Å². The van der Waals surface area contributed by atoms with E-state index in [1.165, 1.54) is 4.90 Å². The number of rotatable bonds is 4. The van der Waals surface area contributed by atoms with E-state index in [2.05, 4.69) is 19.0 Å². The molecule has 5 atom stereocenters. The summed E-state index contributed by atoms with van der Waals surface area (Å²) in [6.45, 7) is 8.58. The summed E-state index contributed by atoms with van der Waals surface area (Å²) in [5.74, 6) is 2.10. The maximum Gasteiger partial charge on any atom is 0.295 e. The van der Waals surface area contributed by atoms with E-state index in [1.807, 2.05) is 31.2 Å². The highest BCUT2D eigenvalue weighted by atomic mass is 16.5. The van der Waals surface area contributed by atoms with Gasteiger partial charge in [0, 0.05) is 6.07 Å². The minimum Gasteiger partial charge on any atom is -0.494 e. The summed E-state index contributed by atoms with van der Waals surface area (Å²) in [6.07, 6.45) is 1.28. The number of aryl methyl sites for hydroxylation is 1. The zero-order valence-corrected chi connectivity index (χ0v) is 18.8. The molecule has 7 heteroatoms. The number of benzene rings is 1. The van der Waals surface area contributed by atoms with Gasteiger partial charge in [0.15, 0.2) is 17.4 Å². The zero-order chi connectivity index (χ0) is 22.6. The molecule has 3 aliphatic rings. The van der Waals surface area contributed by atoms with Crippen LogP contribution in [0.1, 0.15) is 51.0 Å². The van der Waals surface area contributed by atoms with Crippen molar-refractivity contribution < 1.29 is 23.6 Å². The van der Waals surface area contributed by atoms with Crippen LogP contribution in [0.2, 0.25) is 0 Å². The number of carbonyl (C=O) groups is 2. The lowest BCUT2D eigenvalue weighted by Gasteiger charge is -2.40. The van der Waals surface area contributed by atoms with Crippen molar-refractivity contribution in [2.45, 2.75) is 52.7 Å². The van der Waals surface area contributed by atoms with Gasteiger partial charge in [0.25, 0.3) is 5.91 Å². The molecule has 5 rings (SSSR count). The molecule has 0 bridgehead atoms. The Morgan fingerprint density at radius 3 is 2.66 bits per heavy atom. The van der Waals surface area contributed by atoms with Crippen molar-refractivity contribution in [2.24, 2.45) is 17.8 Å². The first-order valence-corrected chi connectivity index (χ1v) is 11.3. The molecule has 1 aromatic heterocycles. The molecule has 1 saturated carbocycles. The van der Waals surface area contributed by atoms with Crippen LogP contribution in [0.3, 0.4) is 0 Å². The van der Waals surface area contributed by atoms with Crippen molar-refractivity contribution in [1.82, 2.24) is 5.16 Å². The van der Waals surface area contributed by atoms with Gasteiger partial charge in [0.1, 0.15) is 17.6 Å². The fraction of sp³-hybridized carbons (Fsp3) is 0.480. The van der Waals surface area contributed by atoms with Gasteiger partial charge in [-0.2, -0.15) is 0 Å². The minimum absolute atomic E-state index is 0.0119. The molecule has 1 aliphatic carbocycles. The molecule has 1 fully saturated rings. The second-order valence-corrected chi connectivity index (χ2v) is 9.17. The Morgan fingerprint density at radius 2 is 1.94 bits per heavy atom. The molecular weight excluding hydrogens is 408 g/mol. The van der Waals surface area contributed by atoms with Gasteiger partial charge in [0.05, 0.1) is 24.1 Å². The smallest absolute Gasteiger partial charge is 0.295 e. The van der Waals surface area contributed by atoms with E-state index >= 15 is 0 Å². The van der Waals surface area contributed by atoms with E-state index in [0.717, 1.165) is 18.4 Å². The van der Waals surface area contributed by atoms with Crippen LogP contribution < -0.4 is 9.64 Å². The molecule has 3 heterocycles. The zero-order valence-electron chi connectivity index (χ0n) is 18.8. The molecule has 32 heavy (non-hydrogen) atoms. The first kappa shape index (κ1) is 20.8. The lowest BCUT2D eigenvalue weighted by molar-refractivity contribution is -0.134. The first-order valence-electron chi connectivity index (χ1n) is 11.3. The fourth-order valence-electron chi connectivity index (χ4n) is 5.22. The number of anilines is 1.